The number of methoxy groups -OCH3 is 1. The van der Waals surface area contributed by atoms with Crippen molar-refractivity contribution >= 4 is 73.7 Å². The van der Waals surface area contributed by atoms with E-state index in [0.29, 0.717) is 6.54 Å². The molecule has 0 bridgehead atoms. The van der Waals surface area contributed by atoms with Crippen LogP contribution in [0.25, 0.3) is 0 Å². The van der Waals surface area contributed by atoms with Gasteiger partial charge in [-0.25, -0.2) is 4.79 Å². The van der Waals surface area contributed by atoms with Gasteiger partial charge in [0, 0.05) is 114 Å². The first kappa shape index (κ1) is 80.5. The van der Waals surface area contributed by atoms with Crippen LogP contribution in [0.3, 0.4) is 0 Å². The first-order chi connectivity index (χ1) is 59.5. The summed E-state index contributed by atoms with van der Waals surface area (Å²) in [5.41, 5.74) is 33.4. The molecule has 0 radical (unpaired) electrons. The normalized spacial score (nSPS) is 16.0. The average Bonchev–Trinajstić information content (AvgIpc) is 1.70. The minimum atomic E-state index is -0.337. The molecule has 5 aliphatic heterocycles. The quantitative estimate of drug-likeness (QED) is 0.172. The fourth-order valence-corrected chi connectivity index (χ4v) is 19.4. The molecule has 1 amide bonds. The second kappa shape index (κ2) is 37.6. The number of halogens is 3. The van der Waals surface area contributed by atoms with Gasteiger partial charge in [-0.3, -0.25) is 4.90 Å². The number of hydrogen-bond acceptors (Lipinski definition) is 6. The number of para-hydroxylation sites is 4. The van der Waals surface area contributed by atoms with Gasteiger partial charge in [0.2, 0.25) is 0 Å². The molecule has 0 fully saturated rings. The minimum Gasteiger partial charge on any atom is -0.452 e. The summed E-state index contributed by atoms with van der Waals surface area (Å²) in [6, 6.07) is 143. The molecule has 0 saturated heterocycles. The van der Waals surface area contributed by atoms with Crippen molar-refractivity contribution in [2.24, 2.45) is 0 Å². The predicted octanol–water partition coefficient (Wildman–Crippen LogP) is 27.8. The summed E-state index contributed by atoms with van der Waals surface area (Å²) in [5, 5.41) is 5.20. The van der Waals surface area contributed by atoms with E-state index in [1.54, 1.807) is 4.90 Å². The van der Waals surface area contributed by atoms with Crippen molar-refractivity contribution in [2.45, 2.75) is 68.9 Å². The number of hydrogen-bond donors (Lipinski definition) is 1. The van der Waals surface area contributed by atoms with Crippen LogP contribution in [-0.2, 0) is 44.0 Å². The fraction of sp³-hybridized carbons (Fsp3) is 0.126. The Morgan fingerprint density at radius 2 is 0.653 bits per heavy atom. The summed E-state index contributed by atoms with van der Waals surface area (Å²) in [6.07, 6.45) is -0.337. The average molecular weight is 1680 g/mol. The van der Waals surface area contributed by atoms with E-state index in [9.17, 15) is 4.79 Å². The van der Waals surface area contributed by atoms with Crippen molar-refractivity contribution in [3.63, 3.8) is 0 Å². The highest BCUT2D eigenvalue weighted by molar-refractivity contribution is 9.10. The third kappa shape index (κ3) is 17.5. The van der Waals surface area contributed by atoms with Crippen LogP contribution in [0.4, 0.5) is 33.2 Å². The predicted molar refractivity (Wildman–Crippen MR) is 506 cm³/mol. The smallest absolute Gasteiger partial charge is 0.414 e. The number of fused-ring (bicyclic) bond motifs is 10. The number of benzene rings is 16. The molecule has 0 aromatic heterocycles. The zero-order valence-corrected chi connectivity index (χ0v) is 71.1. The highest BCUT2D eigenvalue weighted by Gasteiger charge is 2.35. The topological polar surface area (TPSA) is 51.3 Å². The first-order valence-corrected chi connectivity index (χ1v) is 43.1. The number of ether oxygens (including phenoxy) is 1. The molecular formula is C111H94BrCl2N5O2. The van der Waals surface area contributed by atoms with Crippen molar-refractivity contribution in [3.05, 3.63) is 538 Å². The van der Waals surface area contributed by atoms with Crippen LogP contribution in [0.1, 0.15) is 146 Å². The largest absolute Gasteiger partial charge is 0.452 e. The van der Waals surface area contributed by atoms with Crippen molar-refractivity contribution < 1.29 is 9.53 Å². The van der Waals surface area contributed by atoms with Crippen LogP contribution in [-0.4, -0.2) is 27.3 Å². The van der Waals surface area contributed by atoms with Crippen molar-refractivity contribution in [1.82, 2.24) is 0 Å². The molecule has 10 heteroatoms. The second-order valence-corrected chi connectivity index (χ2v) is 33.1. The molecule has 121 heavy (non-hydrogen) atoms. The molecule has 5 atom stereocenters. The lowest BCUT2D eigenvalue weighted by atomic mass is 9.83. The summed E-state index contributed by atoms with van der Waals surface area (Å²) in [4.78, 5) is 21.4. The van der Waals surface area contributed by atoms with Gasteiger partial charge in [-0.1, -0.05) is 391 Å². The van der Waals surface area contributed by atoms with Crippen LogP contribution in [0, 0.1) is 0 Å². The van der Waals surface area contributed by atoms with E-state index in [-0.39, 0.29) is 35.7 Å². The molecule has 7 nitrogen and oxygen atoms in total. The maximum atomic E-state index is 12.4. The molecule has 0 spiro atoms. The van der Waals surface area contributed by atoms with Crippen LogP contribution < -0.4 is 24.9 Å². The van der Waals surface area contributed by atoms with E-state index >= 15 is 0 Å². The molecule has 5 heterocycles. The maximum Gasteiger partial charge on any atom is 0.414 e. The van der Waals surface area contributed by atoms with Gasteiger partial charge >= 0.3 is 6.09 Å². The Bertz CT molecular complexity index is 6220. The van der Waals surface area contributed by atoms with Crippen LogP contribution in [0.2, 0.25) is 10.0 Å². The van der Waals surface area contributed by atoms with Crippen LogP contribution >= 0.6 is 39.1 Å². The lowest BCUT2D eigenvalue weighted by Crippen LogP contribution is -2.30. The van der Waals surface area contributed by atoms with Crippen LogP contribution in [0.5, 0.6) is 0 Å². The molecule has 16 aromatic carbocycles. The molecule has 0 saturated carbocycles. The molecule has 1 N–H and O–H groups in total. The van der Waals surface area contributed by atoms with E-state index in [1.165, 1.54) is 130 Å². The summed E-state index contributed by atoms with van der Waals surface area (Å²) in [6.45, 7) is 5.03. The molecule has 0 aliphatic carbocycles. The fourth-order valence-electron chi connectivity index (χ4n) is 18.5. The van der Waals surface area contributed by atoms with Gasteiger partial charge < -0.3 is 24.8 Å². The number of anilines is 5. The molecule has 16 aromatic rings. The summed E-state index contributed by atoms with van der Waals surface area (Å²) >= 11 is 16.7. The van der Waals surface area contributed by atoms with Crippen LogP contribution in [0.15, 0.2) is 411 Å². The van der Waals surface area contributed by atoms with E-state index in [0.717, 1.165) is 69.6 Å². The SMILES string of the molecule is CN1Cc2ccccc2C(c2ccccc2)c2cc(Br)ccc21.CN1Cc2ccccc2C(c2ccccc2Cl)c2ccccc21.COC(=O)N1Cc2ccccc2C(c2ccccc2)c2ccccc21.Clc1ccccc1C1c2ccccc2CNc2ccccc21.c1ccc(CN2Cc3ccccc3C(c3ccccc3)c3ccccc32)cc1. The van der Waals surface area contributed by atoms with Gasteiger partial charge in [0.1, 0.15) is 0 Å². The van der Waals surface area contributed by atoms with Gasteiger partial charge in [-0.05, 0) is 171 Å². The number of nitrogens with zero attached hydrogens (tertiary/aromatic N) is 4. The summed E-state index contributed by atoms with van der Waals surface area (Å²) < 4.78 is 6.17. The Morgan fingerprint density at radius 3 is 1.14 bits per heavy atom. The minimum absolute atomic E-state index is 0.0863. The molecule has 21 rings (SSSR count). The highest BCUT2D eigenvalue weighted by atomic mass is 79.9. The monoisotopic (exact) mass is 1680 g/mol. The number of nitrogens with one attached hydrogen (secondary N) is 1. The zero-order chi connectivity index (χ0) is 82.5. The third-order valence-electron chi connectivity index (χ3n) is 24.0. The number of amides is 1. The van der Waals surface area contributed by atoms with E-state index in [2.05, 4.69) is 402 Å². The molecule has 5 unspecified atom stereocenters. The molecule has 596 valence electrons. The Hall–Kier alpha value is -13.0. The Balaban J connectivity index is 0.000000108. The first-order valence-electron chi connectivity index (χ1n) is 41.5. The van der Waals surface area contributed by atoms with E-state index in [1.807, 2.05) is 54.6 Å². The summed E-state index contributed by atoms with van der Waals surface area (Å²) in [5.74, 6) is 0.944. The van der Waals surface area contributed by atoms with Gasteiger partial charge in [-0.15, -0.1) is 0 Å². The molecule has 5 aliphatic rings. The van der Waals surface area contributed by atoms with Gasteiger partial charge in [-0.2, -0.15) is 0 Å². The Morgan fingerprint density at radius 1 is 0.322 bits per heavy atom. The maximum absolute atomic E-state index is 12.4. The number of carbonyl (C=O) groups excluding carboxylic acids is 1. The van der Waals surface area contributed by atoms with Crippen molar-refractivity contribution in [3.8, 4) is 0 Å². The Labute approximate surface area is 730 Å². The van der Waals surface area contributed by atoms with E-state index < -0.39 is 0 Å². The lowest BCUT2D eigenvalue weighted by Gasteiger charge is -2.26. The van der Waals surface area contributed by atoms with Crippen molar-refractivity contribution in [2.75, 3.05) is 46.1 Å². The second-order valence-electron chi connectivity index (χ2n) is 31.4. The zero-order valence-electron chi connectivity index (χ0n) is 68.1. The van der Waals surface area contributed by atoms with Gasteiger partial charge in [0.05, 0.1) is 19.3 Å². The lowest BCUT2D eigenvalue weighted by molar-refractivity contribution is 0.178. The van der Waals surface area contributed by atoms with Gasteiger partial charge in [0.15, 0.2) is 0 Å². The molecular weight excluding hydrogens is 1590 g/mol. The number of carbonyl (C=O) groups is 1. The van der Waals surface area contributed by atoms with Gasteiger partial charge in [0.25, 0.3) is 0 Å². The third-order valence-corrected chi connectivity index (χ3v) is 25.2. The van der Waals surface area contributed by atoms with Crippen molar-refractivity contribution in [1.29, 1.82) is 0 Å². The number of rotatable bonds is 7. The standard InChI is InChI=1S/C27H23N.C22H19NO2.C21H18BrN.C21H18ClN.C20H16ClN/c1-3-11-21(12-4-1)19-28-20-23-15-7-8-16-24(23)27(22-13-5-2-6-14-22)25-17-9-10-18-26(25)28;1-25-22(24)23-15-17-11-5-6-12-18(17)21(16-9-3-2-4-10-16)19-13-7-8-14-20(19)23;1-23-14-16-9-5-6-10-18(16)21(15-7-3-2-4-8-15)19-13-17(22)11-12-20(19)23;1-23-14-15-8-2-3-9-16(15)21(17-10-4-6-12-19(17)22)18-11-5-7-13-20(18)23;21-18-11-5-3-9-16(18)20-15-8-2-1-7-14(15)13-22-19-12-6-4-10-17(19)20/h1-18,27H,19-20H2;2-14,21H,15H2,1H3;2*2-13,21H,14H2,1H3;1-12,20,22H,13H2. The highest BCUT2D eigenvalue weighted by Crippen LogP contribution is 2.49. The van der Waals surface area contributed by atoms with E-state index in [4.69, 9.17) is 27.9 Å². The Kier molecular flexibility index (Phi) is 25.0. The summed E-state index contributed by atoms with van der Waals surface area (Å²) in [7, 11) is 5.76.